The molecule has 28 heavy (non-hydrogen) atoms. The molecule has 0 bridgehead atoms. The van der Waals surface area contributed by atoms with Crippen LogP contribution in [-0.4, -0.2) is 41.9 Å². The van der Waals surface area contributed by atoms with E-state index in [1.54, 1.807) is 0 Å². The van der Waals surface area contributed by atoms with Crippen LogP contribution >= 0.6 is 0 Å². The molecule has 1 saturated heterocycles. The zero-order valence-corrected chi connectivity index (χ0v) is 17.1. The molecule has 3 heteroatoms. The number of benzene rings is 2. The Kier molecular flexibility index (Phi) is 5.82. The van der Waals surface area contributed by atoms with Crippen molar-refractivity contribution in [2.75, 3.05) is 26.2 Å². The summed E-state index contributed by atoms with van der Waals surface area (Å²) in [5, 5.41) is 0. The van der Waals surface area contributed by atoms with Gasteiger partial charge in [0.2, 0.25) is 5.91 Å². The van der Waals surface area contributed by atoms with Crippen molar-refractivity contribution >= 4 is 5.91 Å². The third-order valence-electron chi connectivity index (χ3n) is 6.40. The highest BCUT2D eigenvalue weighted by Gasteiger charge is 2.40. The summed E-state index contributed by atoms with van der Waals surface area (Å²) in [5.41, 5.74) is 4.06. The average Bonchev–Trinajstić information content (AvgIpc) is 2.85. The highest BCUT2D eigenvalue weighted by atomic mass is 16.2. The van der Waals surface area contributed by atoms with Crippen molar-refractivity contribution in [3.8, 4) is 0 Å². The van der Waals surface area contributed by atoms with Crippen molar-refractivity contribution in [2.24, 2.45) is 5.41 Å². The van der Waals surface area contributed by atoms with Gasteiger partial charge >= 0.3 is 0 Å². The third-order valence-corrected chi connectivity index (χ3v) is 6.40. The second-order valence-electron chi connectivity index (χ2n) is 8.74. The van der Waals surface area contributed by atoms with Crippen LogP contribution in [0.25, 0.3) is 0 Å². The van der Waals surface area contributed by atoms with Gasteiger partial charge in [0.1, 0.15) is 0 Å². The van der Waals surface area contributed by atoms with E-state index in [9.17, 15) is 4.79 Å². The van der Waals surface area contributed by atoms with Crippen molar-refractivity contribution in [3.63, 3.8) is 0 Å². The predicted molar refractivity (Wildman–Crippen MR) is 114 cm³/mol. The fourth-order valence-electron chi connectivity index (χ4n) is 5.16. The Bertz CT molecular complexity index is 801. The number of piperidine rings is 1. The second-order valence-corrected chi connectivity index (χ2v) is 8.74. The molecular formula is C25H32N2O. The molecule has 0 aliphatic carbocycles. The van der Waals surface area contributed by atoms with Crippen molar-refractivity contribution in [1.29, 1.82) is 0 Å². The number of amides is 1. The van der Waals surface area contributed by atoms with Crippen molar-refractivity contribution < 1.29 is 4.79 Å². The molecule has 2 aromatic carbocycles. The Morgan fingerprint density at radius 3 is 2.54 bits per heavy atom. The van der Waals surface area contributed by atoms with Crippen LogP contribution in [0.5, 0.6) is 0 Å². The SMILES string of the molecule is CCCN1CCCC2(Cc3ccccc3CN(C(=O)Cc3ccccc3)C2)C1. The van der Waals surface area contributed by atoms with Gasteiger partial charge in [-0.25, -0.2) is 0 Å². The molecule has 1 unspecified atom stereocenters. The van der Waals surface area contributed by atoms with Gasteiger partial charge in [0.15, 0.2) is 0 Å². The fourth-order valence-corrected chi connectivity index (χ4v) is 5.16. The molecule has 4 rings (SSSR count). The van der Waals surface area contributed by atoms with Gasteiger partial charge < -0.3 is 9.80 Å². The molecule has 2 aromatic rings. The number of carbonyl (C=O) groups excluding carboxylic acids is 1. The molecule has 0 radical (unpaired) electrons. The first kappa shape index (κ1) is 19.2. The summed E-state index contributed by atoms with van der Waals surface area (Å²) in [6, 6.07) is 18.9. The quantitative estimate of drug-likeness (QED) is 0.794. The molecular weight excluding hydrogens is 344 g/mol. The van der Waals surface area contributed by atoms with Gasteiger partial charge in [-0.3, -0.25) is 4.79 Å². The summed E-state index contributed by atoms with van der Waals surface area (Å²) in [4.78, 5) is 18.0. The minimum absolute atomic E-state index is 0.187. The minimum atomic E-state index is 0.187. The lowest BCUT2D eigenvalue weighted by atomic mass is 9.74. The first-order valence-corrected chi connectivity index (χ1v) is 10.8. The molecule has 0 N–H and O–H groups in total. The maximum absolute atomic E-state index is 13.3. The van der Waals surface area contributed by atoms with Crippen LogP contribution in [0.3, 0.4) is 0 Å². The molecule has 3 nitrogen and oxygen atoms in total. The molecule has 2 aliphatic heterocycles. The Labute approximate surface area is 169 Å². The lowest BCUT2D eigenvalue weighted by molar-refractivity contribution is -0.133. The molecule has 2 aliphatic rings. The van der Waals surface area contributed by atoms with E-state index >= 15 is 0 Å². The lowest BCUT2D eigenvalue weighted by Gasteiger charge is -2.44. The number of hydrogen-bond acceptors (Lipinski definition) is 2. The normalized spacial score (nSPS) is 22.7. The fraction of sp³-hybridized carbons (Fsp3) is 0.480. The summed E-state index contributed by atoms with van der Waals surface area (Å²) in [7, 11) is 0. The van der Waals surface area contributed by atoms with Crippen LogP contribution < -0.4 is 0 Å². The standard InChI is InChI=1S/C25H32N2O/c1-2-14-26-15-8-13-25(19-26)17-22-11-6-7-12-23(22)18-27(20-25)24(28)16-21-9-4-3-5-10-21/h3-7,9-12H,2,8,13-20H2,1H3. The maximum Gasteiger partial charge on any atom is 0.227 e. The van der Waals surface area contributed by atoms with Crippen molar-refractivity contribution in [3.05, 3.63) is 71.3 Å². The van der Waals surface area contributed by atoms with Crippen molar-refractivity contribution in [1.82, 2.24) is 9.80 Å². The summed E-state index contributed by atoms with van der Waals surface area (Å²) in [6.07, 6.45) is 5.25. The molecule has 1 amide bonds. The molecule has 1 fully saturated rings. The Balaban J connectivity index is 1.60. The zero-order chi connectivity index (χ0) is 19.4. The Morgan fingerprint density at radius 1 is 1.00 bits per heavy atom. The molecule has 2 heterocycles. The van der Waals surface area contributed by atoms with E-state index in [1.807, 2.05) is 18.2 Å². The Morgan fingerprint density at radius 2 is 1.75 bits per heavy atom. The van der Waals surface area contributed by atoms with Gasteiger partial charge in [0, 0.05) is 25.0 Å². The maximum atomic E-state index is 13.3. The minimum Gasteiger partial charge on any atom is -0.337 e. The van der Waals surface area contributed by atoms with E-state index in [0.717, 1.165) is 31.6 Å². The molecule has 0 aromatic heterocycles. The topological polar surface area (TPSA) is 23.6 Å². The number of fused-ring (bicyclic) bond motifs is 1. The van der Waals surface area contributed by atoms with Crippen LogP contribution in [0.1, 0.15) is 42.9 Å². The summed E-state index contributed by atoms with van der Waals surface area (Å²) in [5.74, 6) is 0.259. The average molecular weight is 377 g/mol. The number of carbonyl (C=O) groups is 1. The summed E-state index contributed by atoms with van der Waals surface area (Å²) < 4.78 is 0. The third kappa shape index (κ3) is 4.30. The van der Waals surface area contributed by atoms with E-state index in [4.69, 9.17) is 0 Å². The molecule has 1 atom stereocenters. The lowest BCUT2D eigenvalue weighted by Crippen LogP contribution is -2.50. The van der Waals surface area contributed by atoms with Crippen molar-refractivity contribution in [2.45, 2.75) is 45.6 Å². The van der Waals surface area contributed by atoms with Crippen LogP contribution in [-0.2, 0) is 24.2 Å². The van der Waals surface area contributed by atoms with Gasteiger partial charge in [0.05, 0.1) is 6.42 Å². The first-order chi connectivity index (χ1) is 13.7. The number of nitrogens with zero attached hydrogens (tertiary/aromatic N) is 2. The molecule has 1 spiro atoms. The van der Waals surface area contributed by atoms with Gasteiger partial charge in [-0.2, -0.15) is 0 Å². The van der Waals surface area contributed by atoms with Crippen LogP contribution in [0.4, 0.5) is 0 Å². The highest BCUT2D eigenvalue weighted by Crippen LogP contribution is 2.38. The van der Waals surface area contributed by atoms with E-state index in [2.05, 4.69) is 53.1 Å². The number of hydrogen-bond donors (Lipinski definition) is 0. The molecule has 0 saturated carbocycles. The zero-order valence-electron chi connectivity index (χ0n) is 17.1. The van der Waals surface area contributed by atoms with E-state index in [-0.39, 0.29) is 11.3 Å². The second kappa shape index (κ2) is 8.48. The summed E-state index contributed by atoms with van der Waals surface area (Å²) in [6.45, 7) is 7.38. The number of rotatable bonds is 4. The monoisotopic (exact) mass is 376 g/mol. The highest BCUT2D eigenvalue weighted by molar-refractivity contribution is 5.79. The first-order valence-electron chi connectivity index (χ1n) is 10.8. The van der Waals surface area contributed by atoms with Gasteiger partial charge in [0.25, 0.3) is 0 Å². The van der Waals surface area contributed by atoms with E-state index in [0.29, 0.717) is 6.42 Å². The predicted octanol–water partition coefficient (Wildman–Crippen LogP) is 4.31. The van der Waals surface area contributed by atoms with Gasteiger partial charge in [-0.1, -0.05) is 61.5 Å². The molecule has 148 valence electrons. The Hall–Kier alpha value is -2.13. The number of likely N-dealkylation sites (tertiary alicyclic amines) is 1. The van der Waals surface area contributed by atoms with Gasteiger partial charge in [-0.05, 0) is 55.5 Å². The largest absolute Gasteiger partial charge is 0.337 e. The van der Waals surface area contributed by atoms with Crippen LogP contribution in [0.2, 0.25) is 0 Å². The summed E-state index contributed by atoms with van der Waals surface area (Å²) >= 11 is 0. The van der Waals surface area contributed by atoms with Crippen LogP contribution in [0, 0.1) is 5.41 Å². The van der Waals surface area contributed by atoms with E-state index in [1.165, 1.54) is 43.5 Å². The van der Waals surface area contributed by atoms with Crippen LogP contribution in [0.15, 0.2) is 54.6 Å². The van der Waals surface area contributed by atoms with Gasteiger partial charge in [-0.15, -0.1) is 0 Å². The smallest absolute Gasteiger partial charge is 0.227 e. The van der Waals surface area contributed by atoms with E-state index < -0.39 is 0 Å².